The van der Waals surface area contributed by atoms with E-state index in [0.717, 1.165) is 0 Å². The van der Waals surface area contributed by atoms with Gasteiger partial charge < -0.3 is 14.2 Å². The molecule has 35 heavy (non-hydrogen) atoms. The summed E-state index contributed by atoms with van der Waals surface area (Å²) in [5.74, 6) is -0.00286. The number of amides is 1. The largest absolute Gasteiger partial charge is 0.493 e. The number of nitrogens with zero attached hydrogens (tertiary/aromatic N) is 1. The van der Waals surface area contributed by atoms with Crippen molar-refractivity contribution < 1.29 is 32.2 Å². The first-order valence-electron chi connectivity index (χ1n) is 10.2. The molecule has 0 saturated heterocycles. The Morgan fingerprint density at radius 1 is 0.914 bits per heavy atom. The van der Waals surface area contributed by atoms with Crippen molar-refractivity contribution in [2.75, 3.05) is 20.8 Å². The van der Waals surface area contributed by atoms with E-state index < -0.39 is 28.4 Å². The van der Waals surface area contributed by atoms with E-state index in [1.807, 2.05) is 0 Å². The number of sulfonamides is 1. The molecule has 0 radical (unpaired) electrons. The topological polar surface area (TPSA) is 132 Å². The van der Waals surface area contributed by atoms with Crippen LogP contribution in [0.3, 0.4) is 0 Å². The lowest BCUT2D eigenvalue weighted by Crippen LogP contribution is -2.34. The Bertz CT molecular complexity index is 1310. The van der Waals surface area contributed by atoms with Crippen LogP contribution in [-0.2, 0) is 14.8 Å². The molecule has 0 saturated carbocycles. The first-order chi connectivity index (χ1) is 16.8. The zero-order chi connectivity index (χ0) is 25.3. The molecule has 0 heterocycles. The molecule has 0 fully saturated rings. The number of hydrazone groups is 1. The molecule has 3 rings (SSSR count). The van der Waals surface area contributed by atoms with Crippen molar-refractivity contribution in [1.29, 1.82) is 0 Å². The number of ether oxygens (including phenoxy) is 3. The van der Waals surface area contributed by atoms with Gasteiger partial charge in [0.15, 0.2) is 11.5 Å². The van der Waals surface area contributed by atoms with Gasteiger partial charge in [-0.2, -0.15) is 5.10 Å². The maximum absolute atomic E-state index is 12.4. The number of hydrogen-bond donors (Lipinski definition) is 2. The maximum atomic E-state index is 12.4. The molecule has 0 atom stereocenters. The SMILES string of the molecule is COc1ccc(C(=O)Oc2ccc(C=NNC(=O)CNS(=O)(=O)c3ccccc3)cc2)cc1OC. The van der Waals surface area contributed by atoms with E-state index in [2.05, 4.69) is 15.2 Å². The molecule has 0 unspecified atom stereocenters. The van der Waals surface area contributed by atoms with Crippen molar-refractivity contribution in [1.82, 2.24) is 10.1 Å². The maximum Gasteiger partial charge on any atom is 0.343 e. The molecule has 0 bridgehead atoms. The number of hydrogen-bond acceptors (Lipinski definition) is 8. The van der Waals surface area contributed by atoms with E-state index in [-0.39, 0.29) is 4.90 Å². The second-order valence-electron chi connectivity index (χ2n) is 6.96. The summed E-state index contributed by atoms with van der Waals surface area (Å²) < 4.78 is 42.1. The van der Waals surface area contributed by atoms with Gasteiger partial charge in [-0.25, -0.2) is 23.4 Å². The van der Waals surface area contributed by atoms with Crippen LogP contribution < -0.4 is 24.4 Å². The highest BCUT2D eigenvalue weighted by molar-refractivity contribution is 7.89. The lowest BCUT2D eigenvalue weighted by atomic mass is 10.2. The summed E-state index contributed by atoms with van der Waals surface area (Å²) in [6, 6.07) is 18.8. The third-order valence-corrected chi connectivity index (χ3v) is 6.01. The van der Waals surface area contributed by atoms with Gasteiger partial charge >= 0.3 is 5.97 Å². The van der Waals surface area contributed by atoms with Crippen molar-refractivity contribution in [3.63, 3.8) is 0 Å². The first-order valence-corrected chi connectivity index (χ1v) is 11.7. The molecule has 3 aromatic carbocycles. The van der Waals surface area contributed by atoms with Crippen LogP contribution in [0.4, 0.5) is 0 Å². The molecule has 1 amide bonds. The minimum atomic E-state index is -3.79. The van der Waals surface area contributed by atoms with E-state index in [0.29, 0.717) is 28.4 Å². The molecule has 0 aliphatic heterocycles. The van der Waals surface area contributed by atoms with Crippen molar-refractivity contribution in [2.24, 2.45) is 5.10 Å². The summed E-state index contributed by atoms with van der Waals surface area (Å²) in [6.07, 6.45) is 1.36. The number of benzene rings is 3. The second-order valence-corrected chi connectivity index (χ2v) is 8.73. The van der Waals surface area contributed by atoms with E-state index in [4.69, 9.17) is 14.2 Å². The first kappa shape index (κ1) is 25.4. The number of nitrogens with one attached hydrogen (secondary N) is 2. The van der Waals surface area contributed by atoms with Crippen LogP contribution >= 0.6 is 0 Å². The Morgan fingerprint density at radius 2 is 1.60 bits per heavy atom. The summed E-state index contributed by atoms with van der Waals surface area (Å²) >= 11 is 0. The number of rotatable bonds is 10. The van der Waals surface area contributed by atoms with Crippen molar-refractivity contribution in [3.8, 4) is 17.2 Å². The normalized spacial score (nSPS) is 11.1. The molecule has 0 aliphatic carbocycles. The highest BCUT2D eigenvalue weighted by atomic mass is 32.2. The van der Waals surface area contributed by atoms with Crippen LogP contribution in [0.25, 0.3) is 0 Å². The van der Waals surface area contributed by atoms with Gasteiger partial charge in [0.1, 0.15) is 5.75 Å². The van der Waals surface area contributed by atoms with Crippen LogP contribution in [0, 0.1) is 0 Å². The van der Waals surface area contributed by atoms with Gasteiger partial charge in [0.2, 0.25) is 10.0 Å². The van der Waals surface area contributed by atoms with Crippen LogP contribution in [0.5, 0.6) is 17.2 Å². The molecular weight excluding hydrogens is 474 g/mol. The number of methoxy groups -OCH3 is 2. The smallest absolute Gasteiger partial charge is 0.343 e. The van der Waals surface area contributed by atoms with E-state index >= 15 is 0 Å². The minimum Gasteiger partial charge on any atom is -0.493 e. The Morgan fingerprint density at radius 3 is 2.26 bits per heavy atom. The lowest BCUT2D eigenvalue weighted by Gasteiger charge is -2.09. The summed E-state index contributed by atoms with van der Waals surface area (Å²) in [7, 11) is -0.822. The number of esters is 1. The van der Waals surface area contributed by atoms with Gasteiger partial charge in [-0.1, -0.05) is 18.2 Å². The molecular formula is C24H23N3O7S. The third kappa shape index (κ3) is 7.13. The average molecular weight is 498 g/mol. The Kier molecular flexibility index (Phi) is 8.54. The zero-order valence-corrected chi connectivity index (χ0v) is 19.7. The van der Waals surface area contributed by atoms with Crippen LogP contribution in [0.15, 0.2) is 82.8 Å². The van der Waals surface area contributed by atoms with Gasteiger partial charge in [-0.05, 0) is 60.2 Å². The molecule has 0 aliphatic rings. The molecule has 3 aromatic rings. The highest BCUT2D eigenvalue weighted by Gasteiger charge is 2.15. The molecule has 0 spiro atoms. The zero-order valence-electron chi connectivity index (χ0n) is 18.9. The molecule has 2 N–H and O–H groups in total. The lowest BCUT2D eigenvalue weighted by molar-refractivity contribution is -0.119. The van der Waals surface area contributed by atoms with E-state index in [1.54, 1.807) is 54.6 Å². The number of carbonyl (C=O) groups is 2. The fourth-order valence-electron chi connectivity index (χ4n) is 2.81. The van der Waals surface area contributed by atoms with Crippen molar-refractivity contribution in [2.45, 2.75) is 4.90 Å². The Labute approximate surface area is 202 Å². The van der Waals surface area contributed by atoms with Gasteiger partial charge in [0, 0.05) is 0 Å². The fraction of sp³-hybridized carbons (Fsp3) is 0.125. The molecule has 182 valence electrons. The Balaban J connectivity index is 1.50. The monoisotopic (exact) mass is 497 g/mol. The molecule has 10 nitrogen and oxygen atoms in total. The summed E-state index contributed by atoms with van der Waals surface area (Å²) in [5.41, 5.74) is 3.14. The summed E-state index contributed by atoms with van der Waals surface area (Å²) in [5, 5.41) is 3.80. The Hall–Kier alpha value is -4.22. The van der Waals surface area contributed by atoms with Gasteiger partial charge in [0.05, 0.1) is 37.4 Å². The van der Waals surface area contributed by atoms with Gasteiger partial charge in [0.25, 0.3) is 5.91 Å². The fourth-order valence-corrected chi connectivity index (χ4v) is 3.82. The van der Waals surface area contributed by atoms with Crippen molar-refractivity contribution >= 4 is 28.1 Å². The van der Waals surface area contributed by atoms with E-state index in [9.17, 15) is 18.0 Å². The quantitative estimate of drug-likeness (QED) is 0.190. The average Bonchev–Trinajstić information content (AvgIpc) is 2.88. The standard InChI is InChI=1S/C24H23N3O7S/c1-32-21-13-10-18(14-22(21)33-2)24(29)34-19-11-8-17(9-12-19)15-25-27-23(28)16-26-35(30,31)20-6-4-3-5-7-20/h3-15,26H,16H2,1-2H3,(H,27,28). The molecule has 11 heteroatoms. The van der Waals surface area contributed by atoms with Crippen LogP contribution in [-0.4, -0.2) is 47.3 Å². The third-order valence-electron chi connectivity index (χ3n) is 4.59. The number of carbonyl (C=O) groups excluding carboxylic acids is 2. The minimum absolute atomic E-state index is 0.0585. The summed E-state index contributed by atoms with van der Waals surface area (Å²) in [6.45, 7) is -0.473. The second kappa shape index (κ2) is 11.8. The summed E-state index contributed by atoms with van der Waals surface area (Å²) in [4.78, 5) is 24.3. The highest BCUT2D eigenvalue weighted by Crippen LogP contribution is 2.28. The van der Waals surface area contributed by atoms with Crippen LogP contribution in [0.1, 0.15) is 15.9 Å². The molecule has 0 aromatic heterocycles. The predicted octanol–water partition coefficient (Wildman–Crippen LogP) is 2.35. The van der Waals surface area contributed by atoms with Crippen molar-refractivity contribution in [3.05, 3.63) is 83.9 Å². The van der Waals surface area contributed by atoms with Gasteiger partial charge in [-0.15, -0.1) is 0 Å². The van der Waals surface area contributed by atoms with Gasteiger partial charge in [-0.3, -0.25) is 4.79 Å². The van der Waals surface area contributed by atoms with Crippen LogP contribution in [0.2, 0.25) is 0 Å². The predicted molar refractivity (Wildman–Crippen MR) is 128 cm³/mol. The van der Waals surface area contributed by atoms with E-state index in [1.165, 1.54) is 38.6 Å².